The van der Waals surface area contributed by atoms with Crippen LogP contribution in [0, 0.1) is 6.92 Å². The van der Waals surface area contributed by atoms with E-state index < -0.39 is 0 Å². The average molecular weight is 338 g/mol. The molecule has 0 aliphatic heterocycles. The average Bonchev–Trinajstić information content (AvgIpc) is 2.79. The molecule has 21 heavy (non-hydrogen) atoms. The highest BCUT2D eigenvalue weighted by molar-refractivity contribution is 7.16. The number of halogens is 2. The zero-order chi connectivity index (χ0) is 15.0. The van der Waals surface area contributed by atoms with E-state index in [-0.39, 0.29) is 5.56 Å². The van der Waals surface area contributed by atoms with Crippen LogP contribution in [0.5, 0.6) is 0 Å². The van der Waals surface area contributed by atoms with Gasteiger partial charge in [-0.1, -0.05) is 40.6 Å². The van der Waals surface area contributed by atoms with Crippen LogP contribution in [0.15, 0.2) is 29.1 Å². The summed E-state index contributed by atoms with van der Waals surface area (Å²) in [5.74, 6) is 0. The van der Waals surface area contributed by atoms with Gasteiger partial charge < -0.3 is 0 Å². The van der Waals surface area contributed by atoms with Crippen LogP contribution >= 0.6 is 34.5 Å². The number of hydrogen-bond donors (Lipinski definition) is 0. The lowest BCUT2D eigenvalue weighted by molar-refractivity contribution is 0.879. The predicted molar refractivity (Wildman–Crippen MR) is 87.3 cm³/mol. The van der Waals surface area contributed by atoms with Crippen LogP contribution < -0.4 is 5.56 Å². The van der Waals surface area contributed by atoms with Crippen molar-refractivity contribution in [2.75, 3.05) is 0 Å². The maximum Gasteiger partial charge on any atom is 0.275 e. The van der Waals surface area contributed by atoms with Crippen molar-refractivity contribution in [1.82, 2.24) is 14.6 Å². The minimum absolute atomic E-state index is 0.214. The Bertz CT molecular complexity index is 894. The van der Waals surface area contributed by atoms with E-state index in [4.69, 9.17) is 23.2 Å². The summed E-state index contributed by atoms with van der Waals surface area (Å²) in [5, 5.41) is 5.97. The fourth-order valence-corrected chi connectivity index (χ4v) is 3.13. The van der Waals surface area contributed by atoms with E-state index in [0.717, 1.165) is 5.01 Å². The topological polar surface area (TPSA) is 47.3 Å². The molecular formula is C14H9Cl2N3OS. The van der Waals surface area contributed by atoms with Gasteiger partial charge in [0.2, 0.25) is 4.96 Å². The Kier molecular flexibility index (Phi) is 3.80. The van der Waals surface area contributed by atoms with Gasteiger partial charge in [0.05, 0.1) is 5.69 Å². The zero-order valence-corrected chi connectivity index (χ0v) is 13.2. The third-order valence-electron chi connectivity index (χ3n) is 2.79. The van der Waals surface area contributed by atoms with Crippen molar-refractivity contribution in [3.63, 3.8) is 0 Å². The van der Waals surface area contributed by atoms with E-state index in [0.29, 0.717) is 26.3 Å². The second-order valence-corrected chi connectivity index (χ2v) is 6.28. The van der Waals surface area contributed by atoms with E-state index in [1.807, 2.05) is 6.92 Å². The van der Waals surface area contributed by atoms with Crippen molar-refractivity contribution in [1.29, 1.82) is 0 Å². The molecule has 1 aromatic carbocycles. The Hall–Kier alpha value is -1.69. The number of hydrogen-bond acceptors (Lipinski definition) is 4. The van der Waals surface area contributed by atoms with Gasteiger partial charge in [-0.05, 0) is 31.2 Å². The Morgan fingerprint density at radius 1 is 1.24 bits per heavy atom. The fraction of sp³-hybridized carbons (Fsp3) is 0.0714. The lowest BCUT2D eigenvalue weighted by atomic mass is 10.2. The molecule has 7 heteroatoms. The lowest BCUT2D eigenvalue weighted by Gasteiger charge is -2.00. The van der Waals surface area contributed by atoms with Gasteiger partial charge in [-0.3, -0.25) is 4.79 Å². The smallest absolute Gasteiger partial charge is 0.267 e. The number of rotatable bonds is 2. The molecule has 0 bridgehead atoms. The van der Waals surface area contributed by atoms with Crippen molar-refractivity contribution in [2.45, 2.75) is 6.92 Å². The molecule has 0 atom stereocenters. The first-order valence-corrected chi connectivity index (χ1v) is 7.61. The van der Waals surface area contributed by atoms with Crippen LogP contribution in [-0.4, -0.2) is 14.6 Å². The Morgan fingerprint density at radius 2 is 1.95 bits per heavy atom. The molecule has 0 unspecified atom stereocenters. The number of benzene rings is 1. The van der Waals surface area contributed by atoms with E-state index in [9.17, 15) is 4.79 Å². The second kappa shape index (κ2) is 5.60. The van der Waals surface area contributed by atoms with E-state index >= 15 is 0 Å². The third-order valence-corrected chi connectivity index (χ3v) is 4.27. The van der Waals surface area contributed by atoms with Crippen molar-refractivity contribution in [3.8, 4) is 0 Å². The summed E-state index contributed by atoms with van der Waals surface area (Å²) < 4.78 is 1.29. The first-order valence-electron chi connectivity index (χ1n) is 6.04. The first-order chi connectivity index (χ1) is 10.0. The van der Waals surface area contributed by atoms with Gasteiger partial charge in [-0.15, -0.1) is 0 Å². The summed E-state index contributed by atoms with van der Waals surface area (Å²) >= 11 is 13.6. The second-order valence-electron chi connectivity index (χ2n) is 4.30. The Morgan fingerprint density at radius 3 is 2.67 bits per heavy atom. The summed E-state index contributed by atoms with van der Waals surface area (Å²) in [5.41, 5.74) is 1.03. The van der Waals surface area contributed by atoms with Gasteiger partial charge in [0, 0.05) is 21.7 Å². The largest absolute Gasteiger partial charge is 0.275 e. The first kappa shape index (κ1) is 14.3. The van der Waals surface area contributed by atoms with Gasteiger partial charge in [0.15, 0.2) is 0 Å². The zero-order valence-electron chi connectivity index (χ0n) is 10.9. The molecule has 106 valence electrons. The highest BCUT2D eigenvalue weighted by Gasteiger charge is 2.06. The molecule has 2 aromatic heterocycles. The molecule has 3 aromatic rings. The van der Waals surface area contributed by atoms with E-state index in [1.54, 1.807) is 30.4 Å². The molecular weight excluding hydrogens is 329 g/mol. The van der Waals surface area contributed by atoms with Crippen LogP contribution in [0.1, 0.15) is 16.3 Å². The molecule has 4 nitrogen and oxygen atoms in total. The molecule has 0 fully saturated rings. The fourth-order valence-electron chi connectivity index (χ4n) is 1.85. The van der Waals surface area contributed by atoms with Crippen LogP contribution in [0.4, 0.5) is 0 Å². The van der Waals surface area contributed by atoms with Gasteiger partial charge in [0.1, 0.15) is 5.01 Å². The highest BCUT2D eigenvalue weighted by atomic mass is 35.5. The molecule has 0 amide bonds. The van der Waals surface area contributed by atoms with Crippen molar-refractivity contribution in [2.24, 2.45) is 0 Å². The molecule has 3 rings (SSSR count). The molecule has 0 spiro atoms. The van der Waals surface area contributed by atoms with Gasteiger partial charge >= 0.3 is 0 Å². The SMILES string of the molecule is Cc1nn2c(=O)cc(/C=C/c3c(Cl)cccc3Cl)nc2s1. The van der Waals surface area contributed by atoms with Crippen LogP contribution in [-0.2, 0) is 0 Å². The van der Waals surface area contributed by atoms with Gasteiger partial charge in [-0.2, -0.15) is 9.61 Å². The van der Waals surface area contributed by atoms with Gasteiger partial charge in [0.25, 0.3) is 5.56 Å². The van der Waals surface area contributed by atoms with E-state index in [2.05, 4.69) is 10.1 Å². The van der Waals surface area contributed by atoms with Crippen LogP contribution in [0.2, 0.25) is 10.0 Å². The number of fused-ring (bicyclic) bond motifs is 1. The minimum Gasteiger partial charge on any atom is -0.267 e. The summed E-state index contributed by atoms with van der Waals surface area (Å²) in [6, 6.07) is 6.71. The predicted octanol–water partition coefficient (Wildman–Crippen LogP) is 3.94. The molecule has 2 heterocycles. The highest BCUT2D eigenvalue weighted by Crippen LogP contribution is 2.26. The normalized spacial score (nSPS) is 11.6. The summed E-state index contributed by atoms with van der Waals surface area (Å²) in [6.07, 6.45) is 3.46. The summed E-state index contributed by atoms with van der Waals surface area (Å²) in [6.45, 7) is 1.83. The molecule has 0 aliphatic rings. The number of nitrogens with zero attached hydrogens (tertiary/aromatic N) is 3. The van der Waals surface area contributed by atoms with Crippen LogP contribution in [0.25, 0.3) is 17.1 Å². The van der Waals surface area contributed by atoms with Crippen molar-refractivity contribution < 1.29 is 0 Å². The molecule has 0 aliphatic carbocycles. The summed E-state index contributed by atoms with van der Waals surface area (Å²) in [4.78, 5) is 16.9. The minimum atomic E-state index is -0.214. The maximum atomic E-state index is 11.9. The quantitative estimate of drug-likeness (QED) is 0.711. The molecule has 0 saturated heterocycles. The van der Waals surface area contributed by atoms with Crippen LogP contribution in [0.3, 0.4) is 0 Å². The maximum absolute atomic E-state index is 11.9. The Balaban J connectivity index is 2.05. The van der Waals surface area contributed by atoms with Gasteiger partial charge in [-0.25, -0.2) is 4.98 Å². The number of aryl methyl sites for hydroxylation is 1. The Labute approximate surface area is 134 Å². The number of aromatic nitrogens is 3. The molecule has 0 saturated carbocycles. The monoisotopic (exact) mass is 337 g/mol. The standard InChI is InChI=1S/C14H9Cl2N3OS/c1-8-18-19-13(20)7-9(17-14(19)21-8)5-6-10-11(15)3-2-4-12(10)16/h2-7H,1H3/b6-5+. The molecule has 0 radical (unpaired) electrons. The van der Waals surface area contributed by atoms with E-state index in [1.165, 1.54) is 21.9 Å². The molecule has 0 N–H and O–H groups in total. The lowest BCUT2D eigenvalue weighted by Crippen LogP contribution is -2.14. The van der Waals surface area contributed by atoms with Crippen molar-refractivity contribution in [3.05, 3.63) is 60.9 Å². The third kappa shape index (κ3) is 2.85. The summed E-state index contributed by atoms with van der Waals surface area (Å²) in [7, 11) is 0. The van der Waals surface area contributed by atoms with Crippen molar-refractivity contribution >= 4 is 51.7 Å².